The summed E-state index contributed by atoms with van der Waals surface area (Å²) in [5.74, 6) is 0. The number of aromatic nitrogens is 5. The first kappa shape index (κ1) is 32.5. The van der Waals surface area contributed by atoms with Crippen molar-refractivity contribution in [1.29, 1.82) is 0 Å². The van der Waals surface area contributed by atoms with Crippen LogP contribution < -0.4 is 0 Å². The third-order valence-electron chi connectivity index (χ3n) is 9.61. The van der Waals surface area contributed by atoms with Gasteiger partial charge >= 0.3 is 0 Å². The molecule has 4 atom stereocenters. The smallest absolute Gasteiger partial charge is 0.192 e. The van der Waals surface area contributed by atoms with Crippen LogP contribution in [0.1, 0.15) is 68.5 Å². The Morgan fingerprint density at radius 3 is 1.82 bits per heavy atom. The highest BCUT2D eigenvalue weighted by molar-refractivity contribution is 6.75. The first-order valence-corrected chi connectivity index (χ1v) is 22.9. The minimum atomic E-state index is -2.23. The van der Waals surface area contributed by atoms with Gasteiger partial charge in [0.25, 0.3) is 0 Å². The molecule has 1 saturated heterocycles. The number of nitrogens with zero attached hydrogens (tertiary/aromatic N) is 5. The van der Waals surface area contributed by atoms with Crippen molar-refractivity contribution >= 4 is 36.1 Å². The summed E-state index contributed by atoms with van der Waals surface area (Å²) in [6, 6.07) is 0. The van der Waals surface area contributed by atoms with E-state index in [9.17, 15) is 0 Å². The zero-order chi connectivity index (χ0) is 29.8. The summed E-state index contributed by atoms with van der Waals surface area (Å²) in [4.78, 5) is 4.54. The highest BCUT2D eigenvalue weighted by Crippen LogP contribution is 2.46. The average Bonchev–Trinajstić information content (AvgIpc) is 3.31. The van der Waals surface area contributed by atoms with Gasteiger partial charge in [-0.15, -0.1) is 10.2 Å². The molecule has 2 aromatic heterocycles. The van der Waals surface area contributed by atoms with Gasteiger partial charge in [-0.1, -0.05) is 62.3 Å². The molecule has 0 aliphatic carbocycles. The van der Waals surface area contributed by atoms with Crippen LogP contribution in [0.25, 0.3) is 11.2 Å². The normalized spacial score (nSPS) is 24.1. The molecule has 3 heterocycles. The third-order valence-corrected chi connectivity index (χ3v) is 23.1. The number of rotatable bonds is 8. The van der Waals surface area contributed by atoms with Gasteiger partial charge in [-0.2, -0.15) is 0 Å². The fourth-order valence-corrected chi connectivity index (χ4v) is 7.39. The lowest BCUT2D eigenvalue weighted by Crippen LogP contribution is -2.54. The third kappa shape index (κ3) is 6.73. The fraction of sp³-hybridized carbons (Fsp3) is 0.852. The van der Waals surface area contributed by atoms with Gasteiger partial charge in [0.05, 0.1) is 19.1 Å². The van der Waals surface area contributed by atoms with Gasteiger partial charge in [0.15, 0.2) is 36.8 Å². The topological polar surface area (TPSA) is 93.4 Å². The SMILES string of the molecule is CC(C)(C)[Si](C)(C)OC[C@H]1O[C@@H](n2cnc3cnnnc32)[C@H](O[Si](C)(C)C(C)(C)C)[C@@H]1O[Si](C)(C)C(C)(C)C. The van der Waals surface area contributed by atoms with E-state index >= 15 is 0 Å². The van der Waals surface area contributed by atoms with Crippen LogP contribution in [0.15, 0.2) is 12.5 Å². The molecule has 0 N–H and O–H groups in total. The number of fused-ring (bicyclic) bond motifs is 1. The molecule has 222 valence electrons. The average molecular weight is 596 g/mol. The molecule has 0 unspecified atom stereocenters. The highest BCUT2D eigenvalue weighted by Gasteiger charge is 2.55. The molecule has 3 rings (SSSR count). The lowest BCUT2D eigenvalue weighted by atomic mass is 10.1. The van der Waals surface area contributed by atoms with Crippen molar-refractivity contribution in [3.63, 3.8) is 0 Å². The minimum absolute atomic E-state index is 0.00946. The fourth-order valence-electron chi connectivity index (χ4n) is 3.77. The number of imidazole rings is 1. The summed E-state index contributed by atoms with van der Waals surface area (Å²) < 4.78 is 30.0. The van der Waals surface area contributed by atoms with Crippen molar-refractivity contribution in [2.75, 3.05) is 6.61 Å². The van der Waals surface area contributed by atoms with Gasteiger partial charge in [-0.05, 0) is 59.6 Å². The van der Waals surface area contributed by atoms with Gasteiger partial charge in [0, 0.05) is 0 Å². The van der Waals surface area contributed by atoms with E-state index in [2.05, 4.69) is 122 Å². The molecule has 0 amide bonds. The first-order valence-electron chi connectivity index (χ1n) is 14.1. The Morgan fingerprint density at radius 2 is 1.31 bits per heavy atom. The second-order valence-corrected chi connectivity index (χ2v) is 29.9. The maximum atomic E-state index is 7.20. The number of hydrogen-bond acceptors (Lipinski definition) is 8. The van der Waals surface area contributed by atoms with Crippen LogP contribution in [-0.2, 0) is 18.0 Å². The van der Waals surface area contributed by atoms with Crippen LogP contribution in [-0.4, -0.2) is 74.8 Å². The monoisotopic (exact) mass is 595 g/mol. The summed E-state index contributed by atoms with van der Waals surface area (Å²) >= 11 is 0. The maximum absolute atomic E-state index is 7.20. The molecule has 0 bridgehead atoms. The highest BCUT2D eigenvalue weighted by atomic mass is 28.4. The Morgan fingerprint density at radius 1 is 0.795 bits per heavy atom. The van der Waals surface area contributed by atoms with Crippen LogP contribution in [0.4, 0.5) is 0 Å². The molecule has 1 aliphatic rings. The second-order valence-electron chi connectivity index (χ2n) is 15.6. The molecular weight excluding hydrogens is 543 g/mol. The van der Waals surface area contributed by atoms with Crippen molar-refractivity contribution in [3.8, 4) is 0 Å². The van der Waals surface area contributed by atoms with Crippen LogP contribution >= 0.6 is 0 Å². The predicted molar refractivity (Wildman–Crippen MR) is 164 cm³/mol. The molecule has 0 spiro atoms. The Hall–Kier alpha value is -1.03. The first-order chi connectivity index (χ1) is 17.5. The molecule has 1 aliphatic heterocycles. The largest absolute Gasteiger partial charge is 0.414 e. The molecule has 0 radical (unpaired) electrons. The molecule has 12 heteroatoms. The van der Waals surface area contributed by atoms with Gasteiger partial charge in [-0.25, -0.2) is 4.98 Å². The molecular formula is C27H53N5O4Si3. The second kappa shape index (κ2) is 10.7. The quantitative estimate of drug-likeness (QED) is 0.304. The van der Waals surface area contributed by atoms with E-state index < -0.39 is 31.2 Å². The van der Waals surface area contributed by atoms with E-state index in [1.54, 1.807) is 12.5 Å². The summed E-state index contributed by atoms with van der Waals surface area (Å²) in [7, 11) is -6.47. The lowest BCUT2D eigenvalue weighted by Gasteiger charge is -2.44. The number of hydrogen-bond donors (Lipinski definition) is 0. The standard InChI is InChI=1S/C27H53N5O4Si3/c1-25(2,3)37(10,11)33-17-20-21(35-38(12,13)26(4,5)6)22(36-39(14,15)27(7,8)9)24(34-20)32-18-28-19-16-29-31-30-23(19)32/h16,18,20-22,24H,17H2,1-15H3/t20-,21-,22-,24-/m1/s1. The van der Waals surface area contributed by atoms with E-state index in [0.29, 0.717) is 17.8 Å². The Labute approximate surface area is 239 Å². The van der Waals surface area contributed by atoms with Gasteiger partial charge in [0.2, 0.25) is 0 Å². The Balaban J connectivity index is 2.12. The summed E-state index contributed by atoms with van der Waals surface area (Å²) in [6.45, 7) is 34.5. The summed E-state index contributed by atoms with van der Waals surface area (Å²) in [5, 5.41) is 12.2. The molecule has 0 aromatic carbocycles. The summed E-state index contributed by atoms with van der Waals surface area (Å²) in [6.07, 6.45) is 1.93. The maximum Gasteiger partial charge on any atom is 0.192 e. The van der Waals surface area contributed by atoms with E-state index in [1.807, 2.05) is 4.57 Å². The van der Waals surface area contributed by atoms with E-state index in [4.69, 9.17) is 18.0 Å². The van der Waals surface area contributed by atoms with Crippen molar-refractivity contribution in [3.05, 3.63) is 12.5 Å². The Bertz CT molecular complexity index is 1130. The van der Waals surface area contributed by atoms with Gasteiger partial charge in [0.1, 0.15) is 23.8 Å². The van der Waals surface area contributed by atoms with Crippen LogP contribution in [0, 0.1) is 0 Å². The van der Waals surface area contributed by atoms with Crippen LogP contribution in [0.2, 0.25) is 54.4 Å². The Kier molecular flexibility index (Phi) is 8.88. The van der Waals surface area contributed by atoms with Crippen LogP contribution in [0.3, 0.4) is 0 Å². The zero-order valence-corrected chi connectivity index (χ0v) is 30.0. The molecule has 0 saturated carbocycles. The molecule has 1 fully saturated rings. The van der Waals surface area contributed by atoms with E-state index in [1.165, 1.54) is 0 Å². The van der Waals surface area contributed by atoms with Gasteiger partial charge < -0.3 is 18.0 Å². The summed E-state index contributed by atoms with van der Waals surface area (Å²) in [5.41, 5.74) is 1.29. The molecule has 39 heavy (non-hydrogen) atoms. The van der Waals surface area contributed by atoms with Gasteiger partial charge in [-0.3, -0.25) is 4.57 Å². The molecule has 2 aromatic rings. The zero-order valence-electron chi connectivity index (χ0n) is 27.0. The van der Waals surface area contributed by atoms with Crippen molar-refractivity contribution in [1.82, 2.24) is 25.0 Å². The van der Waals surface area contributed by atoms with Crippen molar-refractivity contribution in [2.45, 2.75) is 141 Å². The van der Waals surface area contributed by atoms with E-state index in [-0.39, 0.29) is 33.4 Å². The lowest BCUT2D eigenvalue weighted by molar-refractivity contribution is -0.0471. The van der Waals surface area contributed by atoms with E-state index in [0.717, 1.165) is 0 Å². The minimum Gasteiger partial charge on any atom is -0.414 e. The van der Waals surface area contributed by atoms with Crippen molar-refractivity contribution < 1.29 is 18.0 Å². The number of ether oxygens (including phenoxy) is 1. The molecule has 9 nitrogen and oxygen atoms in total. The van der Waals surface area contributed by atoms with Crippen molar-refractivity contribution in [2.24, 2.45) is 0 Å². The van der Waals surface area contributed by atoms with Crippen LogP contribution in [0.5, 0.6) is 0 Å². The predicted octanol–water partition coefficient (Wildman–Crippen LogP) is 6.92.